The molecule has 1 aromatic heterocycles. The molecule has 0 bridgehead atoms. The van der Waals surface area contributed by atoms with Gasteiger partial charge in [0.15, 0.2) is 0 Å². The lowest BCUT2D eigenvalue weighted by Crippen LogP contribution is -3.00. The predicted octanol–water partition coefficient (Wildman–Crippen LogP) is 0.440. The highest BCUT2D eigenvalue weighted by molar-refractivity contribution is 6.07. The number of nitrogens with zero attached hydrogens (tertiary/aromatic N) is 1. The molecule has 0 spiro atoms. The molecule has 0 unspecified atom stereocenters. The Morgan fingerprint density at radius 3 is 2.24 bits per heavy atom. The maximum absolute atomic E-state index is 12.9. The Morgan fingerprint density at radius 1 is 0.840 bits per heavy atom. The van der Waals surface area contributed by atoms with Crippen molar-refractivity contribution >= 4 is 11.7 Å². The van der Waals surface area contributed by atoms with Crippen LogP contribution in [0.15, 0.2) is 66.7 Å². The maximum Gasteiger partial charge on any atom is 0.389 e. The zero-order valence-electron chi connectivity index (χ0n) is 13.7. The van der Waals surface area contributed by atoms with Gasteiger partial charge in [-0.25, -0.2) is 4.79 Å². The van der Waals surface area contributed by atoms with Crippen LogP contribution in [-0.2, 0) is 6.42 Å². The van der Waals surface area contributed by atoms with Crippen LogP contribution < -0.4 is 17.0 Å². The summed E-state index contributed by atoms with van der Waals surface area (Å²) < 4.78 is 1.57. The van der Waals surface area contributed by atoms with Crippen LogP contribution in [0.2, 0.25) is 0 Å². The van der Waals surface area contributed by atoms with Crippen molar-refractivity contribution in [3.63, 3.8) is 0 Å². The number of hydrogen-bond acceptors (Lipinski definition) is 2. The Kier molecular flexibility index (Phi) is 4.51. The van der Waals surface area contributed by atoms with Crippen molar-refractivity contribution in [3.05, 3.63) is 89.2 Å². The van der Waals surface area contributed by atoms with E-state index < -0.39 is 0 Å². The third-order valence-corrected chi connectivity index (χ3v) is 4.48. The van der Waals surface area contributed by atoms with Crippen LogP contribution in [0.25, 0.3) is 11.1 Å². The van der Waals surface area contributed by atoms with E-state index in [1.807, 2.05) is 36.4 Å². The molecular weight excluding hydrogens is 334 g/mol. The molecule has 4 rings (SSSR count). The molecule has 0 amide bonds. The number of benzene rings is 2. The molecule has 2 aromatic carbocycles. The van der Waals surface area contributed by atoms with Crippen LogP contribution in [0.5, 0.6) is 0 Å². The van der Waals surface area contributed by atoms with E-state index in [0.717, 1.165) is 16.8 Å². The minimum atomic E-state index is -0.140. The molecule has 0 N–H and O–H groups in total. The summed E-state index contributed by atoms with van der Waals surface area (Å²) in [6.07, 6.45) is 0.668. The molecule has 25 heavy (non-hydrogen) atoms. The van der Waals surface area contributed by atoms with Gasteiger partial charge in [-0.05, 0) is 17.2 Å². The Hall–Kier alpha value is -2.78. The Labute approximate surface area is 152 Å². The highest BCUT2D eigenvalue weighted by Gasteiger charge is 2.34. The van der Waals surface area contributed by atoms with Gasteiger partial charge in [-0.2, -0.15) is 0 Å². The molecule has 3 nitrogen and oxygen atoms in total. The molecule has 0 atom stereocenters. The predicted molar refractivity (Wildman–Crippen MR) is 91.1 cm³/mol. The summed E-state index contributed by atoms with van der Waals surface area (Å²) in [4.78, 5) is 25.2. The average molecular weight is 350 g/mol. The van der Waals surface area contributed by atoms with Crippen LogP contribution in [0.4, 0.5) is 0 Å². The molecule has 124 valence electrons. The first-order valence-corrected chi connectivity index (χ1v) is 7.93. The quantitative estimate of drug-likeness (QED) is 0.389. The van der Waals surface area contributed by atoms with Gasteiger partial charge in [-0.3, -0.25) is 4.79 Å². The number of halogens is 1. The summed E-state index contributed by atoms with van der Waals surface area (Å²) in [5.41, 5.74) is 5.26. The van der Waals surface area contributed by atoms with E-state index in [2.05, 4.69) is 12.1 Å². The van der Waals surface area contributed by atoms with Gasteiger partial charge in [0.1, 0.15) is 0 Å². The fourth-order valence-electron chi connectivity index (χ4n) is 3.41. The molecule has 0 aliphatic heterocycles. The first-order valence-electron chi connectivity index (χ1n) is 7.93. The van der Waals surface area contributed by atoms with Crippen molar-refractivity contribution in [2.45, 2.75) is 13.3 Å². The van der Waals surface area contributed by atoms with Gasteiger partial charge in [0.2, 0.25) is 5.69 Å². The molecular formula is C21H16ClNO2. The molecule has 0 saturated carbocycles. The van der Waals surface area contributed by atoms with E-state index in [1.165, 1.54) is 12.5 Å². The Balaban J connectivity index is 0.00000182. The lowest BCUT2D eigenvalue weighted by molar-refractivity contribution is -0.582. The average Bonchev–Trinajstić information content (AvgIpc) is 2.99. The number of carbonyl (C=O) groups excluding carboxylic acids is 2. The van der Waals surface area contributed by atoms with Crippen molar-refractivity contribution in [3.8, 4) is 11.1 Å². The minimum Gasteiger partial charge on any atom is -1.00 e. The molecule has 0 radical (unpaired) electrons. The number of carbonyl (C=O) groups is 2. The van der Waals surface area contributed by atoms with Gasteiger partial charge >= 0.3 is 5.91 Å². The molecule has 4 heteroatoms. The number of aromatic nitrogens is 1. The minimum absolute atomic E-state index is 0. The topological polar surface area (TPSA) is 38.0 Å². The fourth-order valence-corrected chi connectivity index (χ4v) is 3.41. The summed E-state index contributed by atoms with van der Waals surface area (Å²) in [5.74, 6) is -0.275. The van der Waals surface area contributed by atoms with Gasteiger partial charge in [-0.1, -0.05) is 54.6 Å². The van der Waals surface area contributed by atoms with E-state index in [1.54, 1.807) is 22.8 Å². The van der Waals surface area contributed by atoms with Gasteiger partial charge in [-0.15, -0.1) is 4.57 Å². The van der Waals surface area contributed by atoms with Crippen molar-refractivity contribution in [1.82, 2.24) is 0 Å². The second-order valence-corrected chi connectivity index (χ2v) is 5.96. The second kappa shape index (κ2) is 6.61. The van der Waals surface area contributed by atoms with Crippen LogP contribution in [0, 0.1) is 0 Å². The Morgan fingerprint density at radius 2 is 1.52 bits per heavy atom. The number of ketones is 1. The summed E-state index contributed by atoms with van der Waals surface area (Å²) in [6.45, 7) is 1.50. The molecule has 1 heterocycles. The number of hydrogen-bond donors (Lipinski definition) is 0. The zero-order chi connectivity index (χ0) is 16.7. The van der Waals surface area contributed by atoms with E-state index >= 15 is 0 Å². The van der Waals surface area contributed by atoms with Gasteiger partial charge in [0.05, 0.1) is 18.9 Å². The second-order valence-electron chi connectivity index (χ2n) is 5.96. The Bertz CT molecular complexity index is 980. The molecule has 0 saturated heterocycles. The van der Waals surface area contributed by atoms with E-state index in [4.69, 9.17) is 0 Å². The van der Waals surface area contributed by atoms with Crippen LogP contribution in [-0.4, -0.2) is 11.7 Å². The fraction of sp³-hybridized carbons (Fsp3) is 0.0952. The van der Waals surface area contributed by atoms with Crippen molar-refractivity contribution in [2.24, 2.45) is 0 Å². The lowest BCUT2D eigenvalue weighted by Gasteiger charge is -2.05. The highest BCUT2D eigenvalue weighted by Crippen LogP contribution is 2.34. The number of fused-ring (bicyclic) bond motifs is 3. The molecule has 1 aliphatic rings. The molecule has 1 aliphatic carbocycles. The third kappa shape index (κ3) is 2.77. The van der Waals surface area contributed by atoms with E-state index in [0.29, 0.717) is 17.7 Å². The van der Waals surface area contributed by atoms with Gasteiger partial charge < -0.3 is 12.4 Å². The summed E-state index contributed by atoms with van der Waals surface area (Å²) in [7, 11) is 0. The highest BCUT2D eigenvalue weighted by atomic mass is 35.5. The number of pyridine rings is 1. The van der Waals surface area contributed by atoms with E-state index in [9.17, 15) is 9.59 Å². The largest absolute Gasteiger partial charge is 1.00 e. The van der Waals surface area contributed by atoms with Crippen LogP contribution in [0.3, 0.4) is 0 Å². The standard InChI is InChI=1S/C21H16NO2.ClH/c1-14(23)22-19(21(24)15-7-3-2-4-8-15)12-11-18-17-10-6-5-9-16(17)13-20(18)22;/h2-12H,13H2,1H3;1H/q+1;/p-1. The zero-order valence-corrected chi connectivity index (χ0v) is 14.5. The first kappa shape index (κ1) is 17.1. The van der Waals surface area contributed by atoms with Gasteiger partial charge in [0.25, 0.3) is 11.5 Å². The first-order chi connectivity index (χ1) is 11.7. The van der Waals surface area contributed by atoms with Gasteiger partial charge in [0, 0.05) is 11.6 Å². The number of rotatable bonds is 2. The molecule has 3 aromatic rings. The summed E-state index contributed by atoms with van der Waals surface area (Å²) in [6, 6.07) is 20.9. The van der Waals surface area contributed by atoms with Crippen molar-refractivity contribution in [2.75, 3.05) is 0 Å². The van der Waals surface area contributed by atoms with E-state index in [-0.39, 0.29) is 24.1 Å². The normalized spacial score (nSPS) is 11.2. The van der Waals surface area contributed by atoms with Crippen LogP contribution >= 0.6 is 0 Å². The third-order valence-electron chi connectivity index (χ3n) is 4.48. The maximum atomic E-state index is 12.9. The summed E-state index contributed by atoms with van der Waals surface area (Å²) in [5, 5.41) is 0. The van der Waals surface area contributed by atoms with Crippen molar-refractivity contribution < 1.29 is 26.6 Å². The van der Waals surface area contributed by atoms with Crippen LogP contribution in [0.1, 0.15) is 39.0 Å². The summed E-state index contributed by atoms with van der Waals surface area (Å²) >= 11 is 0. The molecule has 0 fully saturated rings. The SMILES string of the molecule is CC(=O)[n+]1c(C(=O)c2ccccc2)ccc2c1Cc1ccccc1-2.[Cl-]. The monoisotopic (exact) mass is 349 g/mol. The smallest absolute Gasteiger partial charge is 0.389 e. The van der Waals surface area contributed by atoms with Crippen molar-refractivity contribution in [1.29, 1.82) is 0 Å². The lowest BCUT2D eigenvalue weighted by atomic mass is 10.0.